The largest absolute Gasteiger partial charge is 0.383 e. The minimum atomic E-state index is 0.256. The van der Waals surface area contributed by atoms with Crippen molar-refractivity contribution in [2.45, 2.75) is 18.8 Å². The lowest BCUT2D eigenvalue weighted by Crippen LogP contribution is -2.33. The first kappa shape index (κ1) is 14.1. The number of alkyl halides is 1. The Morgan fingerprint density at radius 2 is 2.11 bits per heavy atom. The van der Waals surface area contributed by atoms with Crippen LogP contribution in [-0.4, -0.2) is 31.8 Å². The van der Waals surface area contributed by atoms with Crippen molar-refractivity contribution in [3.8, 4) is 0 Å². The molecule has 0 saturated carbocycles. The van der Waals surface area contributed by atoms with Gasteiger partial charge in [0.15, 0.2) is 0 Å². The summed E-state index contributed by atoms with van der Waals surface area (Å²) in [7, 11) is 3.75. The first-order valence-electron chi connectivity index (χ1n) is 6.33. The zero-order valence-electron chi connectivity index (χ0n) is 11.6. The maximum atomic E-state index is 5.94. The third kappa shape index (κ3) is 2.99. The standard InChI is InChI=1S/C15H19ClN2O/c1-11(10-19-3)18(2)15-14-7-5-4-6-12(14)8-13(9-16)17-15/h4-8,11H,9-10H2,1-3H3. The number of hydrogen-bond donors (Lipinski definition) is 0. The third-order valence-electron chi connectivity index (χ3n) is 3.31. The number of rotatable bonds is 5. The van der Waals surface area contributed by atoms with Gasteiger partial charge in [-0.3, -0.25) is 0 Å². The molecule has 0 aliphatic carbocycles. The summed E-state index contributed by atoms with van der Waals surface area (Å²) in [4.78, 5) is 6.80. The minimum absolute atomic E-state index is 0.256. The number of hydrogen-bond acceptors (Lipinski definition) is 3. The predicted molar refractivity (Wildman–Crippen MR) is 81.0 cm³/mol. The molecule has 0 N–H and O–H groups in total. The lowest BCUT2D eigenvalue weighted by Gasteiger charge is -2.27. The highest BCUT2D eigenvalue weighted by atomic mass is 35.5. The van der Waals surface area contributed by atoms with Crippen LogP contribution in [0.3, 0.4) is 0 Å². The van der Waals surface area contributed by atoms with Crippen LogP contribution in [0.4, 0.5) is 5.82 Å². The molecule has 1 atom stereocenters. The fourth-order valence-electron chi connectivity index (χ4n) is 2.13. The van der Waals surface area contributed by atoms with Crippen molar-refractivity contribution in [2.75, 3.05) is 25.7 Å². The number of methoxy groups -OCH3 is 1. The summed E-state index contributed by atoms with van der Waals surface area (Å²) in [6.45, 7) is 2.78. The molecule has 102 valence electrons. The molecule has 3 nitrogen and oxygen atoms in total. The van der Waals surface area contributed by atoms with E-state index >= 15 is 0 Å². The number of pyridine rings is 1. The second kappa shape index (κ2) is 6.22. The zero-order valence-corrected chi connectivity index (χ0v) is 12.3. The van der Waals surface area contributed by atoms with E-state index in [-0.39, 0.29) is 6.04 Å². The molecule has 4 heteroatoms. The first-order chi connectivity index (χ1) is 9.17. The monoisotopic (exact) mass is 278 g/mol. The van der Waals surface area contributed by atoms with Gasteiger partial charge in [-0.1, -0.05) is 24.3 Å². The molecular formula is C15H19ClN2O. The van der Waals surface area contributed by atoms with Crippen molar-refractivity contribution < 1.29 is 4.74 Å². The van der Waals surface area contributed by atoms with E-state index in [1.165, 1.54) is 5.39 Å². The van der Waals surface area contributed by atoms with Crippen molar-refractivity contribution in [1.29, 1.82) is 0 Å². The van der Waals surface area contributed by atoms with Crippen LogP contribution in [0.25, 0.3) is 10.8 Å². The van der Waals surface area contributed by atoms with E-state index in [4.69, 9.17) is 16.3 Å². The van der Waals surface area contributed by atoms with Crippen LogP contribution < -0.4 is 4.90 Å². The van der Waals surface area contributed by atoms with Crippen LogP contribution in [-0.2, 0) is 10.6 Å². The average Bonchev–Trinajstić information content (AvgIpc) is 2.45. The number of aromatic nitrogens is 1. The highest BCUT2D eigenvalue weighted by Gasteiger charge is 2.15. The lowest BCUT2D eigenvalue weighted by molar-refractivity contribution is 0.183. The van der Waals surface area contributed by atoms with E-state index in [1.807, 2.05) is 25.2 Å². The maximum Gasteiger partial charge on any atom is 0.136 e. The minimum Gasteiger partial charge on any atom is -0.383 e. The molecule has 0 radical (unpaired) electrons. The molecule has 1 unspecified atom stereocenters. The van der Waals surface area contributed by atoms with E-state index in [0.29, 0.717) is 12.5 Å². The van der Waals surface area contributed by atoms with E-state index in [2.05, 4.69) is 28.9 Å². The van der Waals surface area contributed by atoms with E-state index in [9.17, 15) is 0 Å². The van der Waals surface area contributed by atoms with Gasteiger partial charge in [0.25, 0.3) is 0 Å². The van der Waals surface area contributed by atoms with E-state index in [1.54, 1.807) is 7.11 Å². The smallest absolute Gasteiger partial charge is 0.136 e. The Hall–Kier alpha value is -1.32. The molecule has 0 amide bonds. The molecule has 1 aromatic carbocycles. The van der Waals surface area contributed by atoms with Crippen LogP contribution in [0.15, 0.2) is 30.3 Å². The number of halogens is 1. The normalized spacial score (nSPS) is 12.6. The van der Waals surface area contributed by atoms with Gasteiger partial charge in [-0.25, -0.2) is 4.98 Å². The van der Waals surface area contributed by atoms with E-state index < -0.39 is 0 Å². The number of benzene rings is 1. The molecule has 0 fully saturated rings. The molecule has 0 saturated heterocycles. The molecular weight excluding hydrogens is 260 g/mol. The summed E-state index contributed by atoms with van der Waals surface area (Å²) in [6, 6.07) is 10.5. The third-order valence-corrected chi connectivity index (χ3v) is 3.59. The summed E-state index contributed by atoms with van der Waals surface area (Å²) in [6.07, 6.45) is 0. The van der Waals surface area contributed by atoms with Crippen LogP contribution in [0.1, 0.15) is 12.6 Å². The summed E-state index contributed by atoms with van der Waals surface area (Å²) in [5.41, 5.74) is 0.895. The van der Waals surface area contributed by atoms with Crippen LogP contribution >= 0.6 is 11.6 Å². The van der Waals surface area contributed by atoms with Gasteiger partial charge in [-0.2, -0.15) is 0 Å². The quantitative estimate of drug-likeness (QED) is 0.784. The van der Waals surface area contributed by atoms with Crippen LogP contribution in [0.5, 0.6) is 0 Å². The fraction of sp³-hybridized carbons (Fsp3) is 0.400. The topological polar surface area (TPSA) is 25.4 Å². The lowest BCUT2D eigenvalue weighted by atomic mass is 10.1. The second-order valence-corrected chi connectivity index (χ2v) is 4.97. The number of likely N-dealkylation sites (N-methyl/N-ethyl adjacent to an activating group) is 1. The Morgan fingerprint density at radius 3 is 2.79 bits per heavy atom. The van der Waals surface area contributed by atoms with Crippen molar-refractivity contribution in [3.63, 3.8) is 0 Å². The Morgan fingerprint density at radius 1 is 1.37 bits per heavy atom. The predicted octanol–water partition coefficient (Wildman–Crippen LogP) is 3.44. The second-order valence-electron chi connectivity index (χ2n) is 4.71. The molecule has 1 aromatic heterocycles. The van der Waals surface area contributed by atoms with Gasteiger partial charge in [-0.05, 0) is 18.4 Å². The average molecular weight is 279 g/mol. The van der Waals surface area contributed by atoms with E-state index in [0.717, 1.165) is 16.9 Å². The maximum absolute atomic E-state index is 5.94. The highest BCUT2D eigenvalue weighted by Crippen LogP contribution is 2.26. The Labute approximate surface area is 119 Å². The molecule has 0 aliphatic heterocycles. The molecule has 0 spiro atoms. The highest BCUT2D eigenvalue weighted by molar-refractivity contribution is 6.17. The van der Waals surface area contributed by atoms with Gasteiger partial charge in [0, 0.05) is 19.5 Å². The van der Waals surface area contributed by atoms with Gasteiger partial charge < -0.3 is 9.64 Å². The summed E-state index contributed by atoms with van der Waals surface area (Å²) < 4.78 is 5.22. The van der Waals surface area contributed by atoms with Gasteiger partial charge in [0.2, 0.25) is 0 Å². The van der Waals surface area contributed by atoms with Crippen molar-refractivity contribution >= 4 is 28.2 Å². The Balaban J connectivity index is 2.51. The zero-order chi connectivity index (χ0) is 13.8. The van der Waals surface area contributed by atoms with Crippen LogP contribution in [0, 0.1) is 0 Å². The van der Waals surface area contributed by atoms with Gasteiger partial charge in [0.1, 0.15) is 5.82 Å². The Bertz CT molecular complexity index is 559. The Kier molecular flexibility index (Phi) is 4.61. The summed E-state index contributed by atoms with van der Waals surface area (Å²) in [5, 5.41) is 2.31. The van der Waals surface area contributed by atoms with Gasteiger partial charge in [0.05, 0.1) is 24.2 Å². The molecule has 1 heterocycles. The first-order valence-corrected chi connectivity index (χ1v) is 6.87. The molecule has 19 heavy (non-hydrogen) atoms. The summed E-state index contributed by atoms with van der Waals surface area (Å²) in [5.74, 6) is 1.38. The van der Waals surface area contributed by atoms with Crippen LogP contribution in [0.2, 0.25) is 0 Å². The number of anilines is 1. The number of ether oxygens (including phenoxy) is 1. The SMILES string of the molecule is COCC(C)N(C)c1nc(CCl)cc2ccccc12. The molecule has 2 aromatic rings. The molecule has 0 bridgehead atoms. The fourth-order valence-corrected chi connectivity index (χ4v) is 2.27. The van der Waals surface area contributed by atoms with Crippen molar-refractivity contribution in [3.05, 3.63) is 36.0 Å². The van der Waals surface area contributed by atoms with Gasteiger partial charge >= 0.3 is 0 Å². The van der Waals surface area contributed by atoms with Crippen molar-refractivity contribution in [2.24, 2.45) is 0 Å². The number of nitrogens with zero attached hydrogens (tertiary/aromatic N) is 2. The molecule has 2 rings (SSSR count). The molecule has 0 aliphatic rings. The summed E-state index contributed by atoms with van der Waals surface area (Å²) >= 11 is 5.94. The van der Waals surface area contributed by atoms with Crippen molar-refractivity contribution in [1.82, 2.24) is 4.98 Å². The van der Waals surface area contributed by atoms with Gasteiger partial charge in [-0.15, -0.1) is 11.6 Å². The number of fused-ring (bicyclic) bond motifs is 1.